The van der Waals surface area contributed by atoms with Crippen LogP contribution in [0.1, 0.15) is 12.8 Å². The summed E-state index contributed by atoms with van der Waals surface area (Å²) in [4.78, 5) is 13.2. The predicted octanol–water partition coefficient (Wildman–Crippen LogP) is -0.262. The molecule has 2 fully saturated rings. The molecule has 0 aromatic rings. The molecule has 2 aliphatic heterocycles. The fourth-order valence-corrected chi connectivity index (χ4v) is 2.13. The number of ether oxygens (including phenoxy) is 1. The molecule has 2 heterocycles. The van der Waals surface area contributed by atoms with Crippen molar-refractivity contribution in [2.24, 2.45) is 0 Å². The van der Waals surface area contributed by atoms with Crippen LogP contribution in [0.5, 0.6) is 0 Å². The highest BCUT2D eigenvalue weighted by Crippen LogP contribution is 2.28. The van der Waals surface area contributed by atoms with E-state index < -0.39 is 0 Å². The van der Waals surface area contributed by atoms with Gasteiger partial charge in [0, 0.05) is 26.7 Å². The van der Waals surface area contributed by atoms with E-state index in [1.807, 2.05) is 4.90 Å². The van der Waals surface area contributed by atoms with Gasteiger partial charge >= 0.3 is 6.03 Å². The van der Waals surface area contributed by atoms with Gasteiger partial charge in [-0.05, 0) is 12.8 Å². The average Bonchev–Trinajstić information content (AvgIpc) is 2.67. The van der Waals surface area contributed by atoms with Gasteiger partial charge in [0.2, 0.25) is 0 Å². The zero-order chi connectivity index (χ0) is 10.0. The number of likely N-dealkylation sites (tertiary alicyclic amines) is 1. The Balaban J connectivity index is 1.88. The second-order valence-electron chi connectivity index (χ2n) is 3.94. The molecule has 2 N–H and O–H groups in total. The summed E-state index contributed by atoms with van der Waals surface area (Å²) < 4.78 is 5.67. The number of carbonyl (C=O) groups excluding carboxylic acids is 1. The lowest BCUT2D eigenvalue weighted by molar-refractivity contribution is -0.0292. The van der Waals surface area contributed by atoms with E-state index in [0.29, 0.717) is 6.73 Å². The van der Waals surface area contributed by atoms with Crippen LogP contribution in [0.2, 0.25) is 0 Å². The Kier molecular flexibility index (Phi) is 2.60. The molecule has 0 bridgehead atoms. The molecule has 5 nitrogen and oxygen atoms in total. The smallest absolute Gasteiger partial charge is 0.317 e. The summed E-state index contributed by atoms with van der Waals surface area (Å²) in [6.07, 6.45) is 1.88. The first-order valence-electron chi connectivity index (χ1n) is 5.07. The zero-order valence-electron chi connectivity index (χ0n) is 8.51. The number of amides is 2. The van der Waals surface area contributed by atoms with E-state index in [9.17, 15) is 4.79 Å². The topological polar surface area (TPSA) is 53.6 Å². The van der Waals surface area contributed by atoms with E-state index in [-0.39, 0.29) is 11.6 Å². The summed E-state index contributed by atoms with van der Waals surface area (Å²) in [6, 6.07) is 0.0193. The normalized spacial score (nSPS) is 25.4. The van der Waals surface area contributed by atoms with Crippen molar-refractivity contribution >= 4 is 6.03 Å². The van der Waals surface area contributed by atoms with Crippen molar-refractivity contribution < 1.29 is 9.53 Å². The molecule has 0 unspecified atom stereocenters. The Labute approximate surface area is 83.8 Å². The van der Waals surface area contributed by atoms with Crippen LogP contribution in [-0.2, 0) is 4.74 Å². The second-order valence-corrected chi connectivity index (χ2v) is 3.94. The van der Waals surface area contributed by atoms with E-state index in [4.69, 9.17) is 4.74 Å². The first kappa shape index (κ1) is 9.73. The first-order chi connectivity index (χ1) is 6.76. The fraction of sp³-hybridized carbons (Fsp3) is 0.889. The number of nitrogens with zero attached hydrogens (tertiary/aromatic N) is 1. The Bertz CT molecular complexity index is 216. The van der Waals surface area contributed by atoms with Gasteiger partial charge in [-0.3, -0.25) is 5.32 Å². The van der Waals surface area contributed by atoms with Crippen LogP contribution in [0.3, 0.4) is 0 Å². The average molecular weight is 199 g/mol. The minimum atomic E-state index is 0.00449. The van der Waals surface area contributed by atoms with Gasteiger partial charge in [-0.1, -0.05) is 0 Å². The summed E-state index contributed by atoms with van der Waals surface area (Å²) in [6.45, 7) is 3.16. The maximum atomic E-state index is 11.3. The van der Waals surface area contributed by atoms with Crippen molar-refractivity contribution in [2.45, 2.75) is 18.4 Å². The van der Waals surface area contributed by atoms with Crippen LogP contribution in [0, 0.1) is 0 Å². The molecule has 0 aromatic carbocycles. The molecule has 2 aliphatic rings. The minimum absolute atomic E-state index is 0.00449. The summed E-state index contributed by atoms with van der Waals surface area (Å²) >= 11 is 0. The molecule has 2 amide bonds. The molecule has 2 saturated heterocycles. The minimum Gasteiger partial charge on any atom is -0.358 e. The number of nitrogens with one attached hydrogen (secondary N) is 2. The van der Waals surface area contributed by atoms with Crippen molar-refractivity contribution in [1.82, 2.24) is 15.5 Å². The Morgan fingerprint density at radius 2 is 2.21 bits per heavy atom. The van der Waals surface area contributed by atoms with E-state index >= 15 is 0 Å². The lowest BCUT2D eigenvalue weighted by atomic mass is 9.92. The van der Waals surface area contributed by atoms with Gasteiger partial charge < -0.3 is 15.0 Å². The Morgan fingerprint density at radius 3 is 2.71 bits per heavy atom. The van der Waals surface area contributed by atoms with Crippen LogP contribution < -0.4 is 10.6 Å². The summed E-state index contributed by atoms with van der Waals surface area (Å²) in [5.41, 5.74) is 0.00449. The molecule has 5 heteroatoms. The molecule has 14 heavy (non-hydrogen) atoms. The van der Waals surface area contributed by atoms with E-state index in [1.54, 1.807) is 7.05 Å². The van der Waals surface area contributed by atoms with Crippen molar-refractivity contribution in [3.63, 3.8) is 0 Å². The highest BCUT2D eigenvalue weighted by atomic mass is 16.5. The number of carbonyl (C=O) groups is 1. The maximum Gasteiger partial charge on any atom is 0.317 e. The largest absolute Gasteiger partial charge is 0.358 e. The summed E-state index contributed by atoms with van der Waals surface area (Å²) in [5.74, 6) is 0. The number of rotatable bonds is 0. The molecule has 0 saturated carbocycles. The Hall–Kier alpha value is -0.810. The lowest BCUT2D eigenvalue weighted by Crippen LogP contribution is -2.50. The third kappa shape index (κ3) is 1.69. The second kappa shape index (κ2) is 3.74. The van der Waals surface area contributed by atoms with Crippen LogP contribution in [0.15, 0.2) is 0 Å². The van der Waals surface area contributed by atoms with E-state index in [2.05, 4.69) is 10.6 Å². The van der Waals surface area contributed by atoms with E-state index in [0.717, 1.165) is 32.5 Å². The monoisotopic (exact) mass is 199 g/mol. The summed E-state index contributed by atoms with van der Waals surface area (Å²) in [7, 11) is 1.67. The number of piperidine rings is 1. The third-order valence-corrected chi connectivity index (χ3v) is 3.10. The Morgan fingerprint density at radius 1 is 1.50 bits per heavy atom. The highest BCUT2D eigenvalue weighted by Gasteiger charge is 2.39. The molecular weight excluding hydrogens is 182 g/mol. The number of hydrogen-bond acceptors (Lipinski definition) is 3. The molecule has 0 aliphatic carbocycles. The van der Waals surface area contributed by atoms with Gasteiger partial charge in [-0.25, -0.2) is 4.79 Å². The molecular formula is C9H17N3O2. The molecule has 1 spiro atoms. The fourth-order valence-electron chi connectivity index (χ4n) is 2.13. The van der Waals surface area contributed by atoms with Gasteiger partial charge in [0.05, 0.1) is 12.3 Å². The van der Waals surface area contributed by atoms with Gasteiger partial charge in [0.1, 0.15) is 0 Å². The third-order valence-electron chi connectivity index (χ3n) is 3.10. The molecule has 80 valence electrons. The zero-order valence-corrected chi connectivity index (χ0v) is 8.51. The van der Waals surface area contributed by atoms with Crippen LogP contribution in [0.4, 0.5) is 4.79 Å². The van der Waals surface area contributed by atoms with Crippen LogP contribution in [0.25, 0.3) is 0 Å². The van der Waals surface area contributed by atoms with Crippen LogP contribution >= 0.6 is 0 Å². The van der Waals surface area contributed by atoms with Crippen LogP contribution in [-0.4, -0.2) is 49.9 Å². The van der Waals surface area contributed by atoms with Gasteiger partial charge in [0.25, 0.3) is 0 Å². The number of hydrogen-bond donors (Lipinski definition) is 2. The van der Waals surface area contributed by atoms with Crippen molar-refractivity contribution in [2.75, 3.05) is 33.4 Å². The standard InChI is InChI=1S/C9H17N3O2/c1-10-8(13)12-4-2-9(3-5-12)6-11-7-14-9/h11H,2-7H2,1H3,(H,10,13). The van der Waals surface area contributed by atoms with Gasteiger partial charge in [-0.2, -0.15) is 0 Å². The molecule has 2 rings (SSSR count). The predicted molar refractivity (Wildman–Crippen MR) is 51.9 cm³/mol. The summed E-state index contributed by atoms with van der Waals surface area (Å²) in [5, 5.41) is 5.84. The molecule has 0 atom stereocenters. The molecule has 0 radical (unpaired) electrons. The van der Waals surface area contributed by atoms with Crippen molar-refractivity contribution in [3.8, 4) is 0 Å². The van der Waals surface area contributed by atoms with Gasteiger partial charge in [-0.15, -0.1) is 0 Å². The lowest BCUT2D eigenvalue weighted by Gasteiger charge is -2.37. The van der Waals surface area contributed by atoms with Crippen molar-refractivity contribution in [3.05, 3.63) is 0 Å². The first-order valence-corrected chi connectivity index (χ1v) is 5.07. The highest BCUT2D eigenvalue weighted by molar-refractivity contribution is 5.73. The maximum absolute atomic E-state index is 11.3. The van der Waals surface area contributed by atoms with Gasteiger partial charge in [0.15, 0.2) is 0 Å². The SMILES string of the molecule is CNC(=O)N1CCC2(CC1)CNCO2. The van der Waals surface area contributed by atoms with E-state index in [1.165, 1.54) is 0 Å². The quantitative estimate of drug-likeness (QED) is 0.565. The molecule has 0 aromatic heterocycles. The van der Waals surface area contributed by atoms with Crippen molar-refractivity contribution in [1.29, 1.82) is 0 Å². The number of urea groups is 1.